The van der Waals surface area contributed by atoms with Gasteiger partial charge in [0.05, 0.1) is 16.9 Å². The summed E-state index contributed by atoms with van der Waals surface area (Å²) >= 11 is 0.799. The molecule has 10 nitrogen and oxygen atoms in total. The lowest BCUT2D eigenvalue weighted by Gasteiger charge is -2.22. The Balaban J connectivity index is 1.43. The molecule has 2 aliphatic rings. The first-order valence-electron chi connectivity index (χ1n) is 11.9. The predicted molar refractivity (Wildman–Crippen MR) is 138 cm³/mol. The van der Waals surface area contributed by atoms with Crippen LogP contribution in [0.3, 0.4) is 0 Å². The average molecular weight is 526 g/mol. The Morgan fingerprint density at radius 1 is 1.08 bits per heavy atom. The summed E-state index contributed by atoms with van der Waals surface area (Å²) in [4.78, 5) is 51.6. The molecule has 0 unspecified atom stereocenters. The molecule has 2 heterocycles. The van der Waals surface area contributed by atoms with Crippen molar-refractivity contribution in [1.82, 2.24) is 9.80 Å². The second kappa shape index (κ2) is 11.9. The van der Waals surface area contributed by atoms with E-state index < -0.39 is 16.1 Å². The van der Waals surface area contributed by atoms with E-state index in [1.807, 2.05) is 0 Å². The Hall–Kier alpha value is -3.86. The third-order valence-corrected chi connectivity index (χ3v) is 7.03. The minimum Gasteiger partial charge on any atom is -0.493 e. The molecule has 0 saturated carbocycles. The van der Waals surface area contributed by atoms with Gasteiger partial charge in [-0.15, -0.1) is 0 Å². The fraction of sp³-hybridized carbons (Fsp3) is 0.346. The molecule has 0 bridgehead atoms. The van der Waals surface area contributed by atoms with E-state index in [1.165, 1.54) is 19.2 Å². The summed E-state index contributed by atoms with van der Waals surface area (Å²) < 4.78 is 11.2. The maximum atomic E-state index is 12.9. The molecular weight excluding hydrogens is 498 g/mol. The summed E-state index contributed by atoms with van der Waals surface area (Å²) in [5.74, 6) is 0.109. The zero-order valence-electron chi connectivity index (χ0n) is 20.4. The van der Waals surface area contributed by atoms with Crippen molar-refractivity contribution in [3.63, 3.8) is 0 Å². The van der Waals surface area contributed by atoms with E-state index in [1.54, 1.807) is 41.3 Å². The van der Waals surface area contributed by atoms with Crippen molar-refractivity contribution < 1.29 is 28.8 Å². The summed E-state index contributed by atoms with van der Waals surface area (Å²) in [5, 5.41) is 10.5. The minimum atomic E-state index is -0.497. The molecule has 0 atom stereocenters. The van der Waals surface area contributed by atoms with E-state index in [4.69, 9.17) is 9.47 Å². The molecule has 0 radical (unpaired) electrons. The normalized spacial score (nSPS) is 17.2. The number of imide groups is 1. The maximum Gasteiger partial charge on any atom is 0.294 e. The van der Waals surface area contributed by atoms with E-state index >= 15 is 0 Å². The number of rotatable bonds is 8. The van der Waals surface area contributed by atoms with Gasteiger partial charge < -0.3 is 14.4 Å². The number of methoxy groups -OCH3 is 1. The first-order chi connectivity index (χ1) is 17.9. The molecule has 37 heavy (non-hydrogen) atoms. The molecule has 0 aromatic heterocycles. The molecule has 0 spiro atoms. The van der Waals surface area contributed by atoms with Crippen LogP contribution in [0.5, 0.6) is 11.5 Å². The van der Waals surface area contributed by atoms with Crippen molar-refractivity contribution in [2.45, 2.75) is 32.3 Å². The molecule has 2 fully saturated rings. The number of benzene rings is 2. The van der Waals surface area contributed by atoms with Crippen molar-refractivity contribution in [1.29, 1.82) is 0 Å². The van der Waals surface area contributed by atoms with Crippen LogP contribution in [0.1, 0.15) is 36.8 Å². The lowest BCUT2D eigenvalue weighted by molar-refractivity contribution is -0.384. The third kappa shape index (κ3) is 6.48. The SMILES string of the molecule is COc1cc(C=C2SC(=O)N(CC(=O)N3CCCCCC3)C2=O)ccc1OCc1cccc([N+](=O)[O-])c1. The van der Waals surface area contributed by atoms with E-state index in [0.29, 0.717) is 35.7 Å². The second-order valence-electron chi connectivity index (χ2n) is 8.69. The topological polar surface area (TPSA) is 119 Å². The molecule has 4 rings (SSSR count). The van der Waals surface area contributed by atoms with Crippen LogP contribution in [0.25, 0.3) is 6.08 Å². The highest BCUT2D eigenvalue weighted by molar-refractivity contribution is 8.18. The molecular formula is C26H27N3O7S. The zero-order chi connectivity index (χ0) is 26.4. The quantitative estimate of drug-likeness (QED) is 0.278. The molecule has 2 aromatic rings. The number of nitro groups is 1. The van der Waals surface area contributed by atoms with E-state index in [-0.39, 0.29) is 29.7 Å². The molecule has 194 valence electrons. The van der Waals surface area contributed by atoms with E-state index in [0.717, 1.165) is 42.3 Å². The van der Waals surface area contributed by atoms with Gasteiger partial charge in [0.15, 0.2) is 11.5 Å². The Kier molecular flexibility index (Phi) is 8.44. The highest BCUT2D eigenvalue weighted by Crippen LogP contribution is 2.35. The number of likely N-dealkylation sites (tertiary alicyclic amines) is 1. The van der Waals surface area contributed by atoms with Gasteiger partial charge in [0.25, 0.3) is 16.8 Å². The van der Waals surface area contributed by atoms with E-state index in [2.05, 4.69) is 0 Å². The standard InChI is InChI=1S/C26H27N3O7S/c1-35-22-14-18(9-10-21(22)36-17-19-7-6-8-20(13-19)29(33)34)15-23-25(31)28(26(32)37-23)16-24(30)27-11-4-2-3-5-12-27/h6-10,13-15H,2-5,11-12,16-17H2,1H3. The monoisotopic (exact) mass is 525 g/mol. The van der Waals surface area contributed by atoms with Crippen LogP contribution in [-0.2, 0) is 16.2 Å². The lowest BCUT2D eigenvalue weighted by atomic mass is 10.1. The van der Waals surface area contributed by atoms with Crippen LogP contribution in [0.15, 0.2) is 47.4 Å². The first kappa shape index (κ1) is 26.2. The number of carbonyl (C=O) groups is 3. The van der Waals surface area contributed by atoms with Crippen LogP contribution < -0.4 is 9.47 Å². The van der Waals surface area contributed by atoms with Gasteiger partial charge in [0.1, 0.15) is 13.2 Å². The molecule has 0 N–H and O–H groups in total. The highest BCUT2D eigenvalue weighted by Gasteiger charge is 2.37. The number of thioether (sulfide) groups is 1. The summed E-state index contributed by atoms with van der Waals surface area (Å²) in [6.45, 7) is 1.15. The summed E-state index contributed by atoms with van der Waals surface area (Å²) in [6, 6.07) is 11.2. The number of nitro benzene ring substituents is 1. The number of nitrogens with zero attached hydrogens (tertiary/aromatic N) is 3. The number of amides is 3. The van der Waals surface area contributed by atoms with Crippen LogP contribution >= 0.6 is 11.8 Å². The fourth-order valence-corrected chi connectivity index (χ4v) is 5.00. The van der Waals surface area contributed by atoms with Gasteiger partial charge in [-0.3, -0.25) is 29.4 Å². The summed E-state index contributed by atoms with van der Waals surface area (Å²) in [7, 11) is 1.47. The minimum absolute atomic E-state index is 0.0227. The Morgan fingerprint density at radius 2 is 1.84 bits per heavy atom. The van der Waals surface area contributed by atoms with Crippen molar-refractivity contribution in [2.24, 2.45) is 0 Å². The number of hydrogen-bond acceptors (Lipinski definition) is 8. The Bertz CT molecular complexity index is 1240. The van der Waals surface area contributed by atoms with Crippen molar-refractivity contribution in [3.8, 4) is 11.5 Å². The van der Waals surface area contributed by atoms with E-state index in [9.17, 15) is 24.5 Å². The average Bonchev–Trinajstić information content (AvgIpc) is 3.08. The van der Waals surface area contributed by atoms with Crippen LogP contribution in [0.2, 0.25) is 0 Å². The van der Waals surface area contributed by atoms with Crippen LogP contribution in [0.4, 0.5) is 10.5 Å². The molecule has 0 aliphatic carbocycles. The lowest BCUT2D eigenvalue weighted by Crippen LogP contribution is -2.42. The zero-order valence-corrected chi connectivity index (χ0v) is 21.2. The Labute approximate surface area is 218 Å². The molecule has 2 saturated heterocycles. The second-order valence-corrected chi connectivity index (χ2v) is 9.68. The van der Waals surface area contributed by atoms with Gasteiger partial charge >= 0.3 is 0 Å². The molecule has 2 aliphatic heterocycles. The van der Waals surface area contributed by atoms with Crippen molar-refractivity contribution in [2.75, 3.05) is 26.7 Å². The van der Waals surface area contributed by atoms with Crippen molar-refractivity contribution in [3.05, 3.63) is 68.6 Å². The van der Waals surface area contributed by atoms with Gasteiger partial charge in [-0.25, -0.2) is 0 Å². The highest BCUT2D eigenvalue weighted by atomic mass is 32.2. The smallest absolute Gasteiger partial charge is 0.294 e. The van der Waals surface area contributed by atoms with Crippen molar-refractivity contribution >= 4 is 40.6 Å². The van der Waals surface area contributed by atoms with Gasteiger partial charge in [-0.2, -0.15) is 0 Å². The van der Waals surface area contributed by atoms with Crippen LogP contribution in [-0.4, -0.2) is 58.5 Å². The fourth-order valence-electron chi connectivity index (χ4n) is 4.16. The largest absolute Gasteiger partial charge is 0.493 e. The predicted octanol–water partition coefficient (Wildman–Crippen LogP) is 4.62. The first-order valence-corrected chi connectivity index (χ1v) is 12.7. The van der Waals surface area contributed by atoms with Gasteiger partial charge in [-0.05, 0) is 53.9 Å². The number of carbonyl (C=O) groups excluding carboxylic acids is 3. The molecule has 11 heteroatoms. The Morgan fingerprint density at radius 3 is 2.54 bits per heavy atom. The molecule has 2 aromatic carbocycles. The number of hydrogen-bond donors (Lipinski definition) is 0. The van der Waals surface area contributed by atoms with Crippen LogP contribution in [0, 0.1) is 10.1 Å². The van der Waals surface area contributed by atoms with Gasteiger partial charge in [-0.1, -0.05) is 31.0 Å². The summed E-state index contributed by atoms with van der Waals surface area (Å²) in [6.07, 6.45) is 5.60. The summed E-state index contributed by atoms with van der Waals surface area (Å²) in [5.41, 5.74) is 1.22. The van der Waals surface area contributed by atoms with Gasteiger partial charge in [0.2, 0.25) is 5.91 Å². The van der Waals surface area contributed by atoms with Gasteiger partial charge in [0, 0.05) is 25.2 Å². The maximum absolute atomic E-state index is 12.9. The number of non-ortho nitro benzene ring substituents is 1. The molecule has 3 amide bonds. The third-order valence-electron chi connectivity index (χ3n) is 6.13. The number of ether oxygens (including phenoxy) is 2.